The highest BCUT2D eigenvalue weighted by Gasteiger charge is 2.04. The molecular formula is C15H13N3O3. The van der Waals surface area contributed by atoms with Gasteiger partial charge >= 0.3 is 0 Å². The molecule has 1 amide bonds. The number of aryl methyl sites for hydroxylation is 1. The van der Waals surface area contributed by atoms with Crippen molar-refractivity contribution >= 4 is 23.5 Å². The van der Waals surface area contributed by atoms with Gasteiger partial charge < -0.3 is 5.32 Å². The number of carbonyl (C=O) groups excluding carboxylic acids is 1. The van der Waals surface area contributed by atoms with E-state index in [2.05, 4.69) is 10.3 Å². The lowest BCUT2D eigenvalue weighted by Gasteiger charge is -2.01. The van der Waals surface area contributed by atoms with Gasteiger partial charge in [0.15, 0.2) is 0 Å². The van der Waals surface area contributed by atoms with Gasteiger partial charge in [-0.05, 0) is 30.7 Å². The number of hydrogen-bond donors (Lipinski definition) is 1. The molecular weight excluding hydrogens is 270 g/mol. The molecule has 106 valence electrons. The van der Waals surface area contributed by atoms with Crippen LogP contribution in [-0.2, 0) is 4.79 Å². The van der Waals surface area contributed by atoms with Gasteiger partial charge in [-0.2, -0.15) is 0 Å². The molecule has 0 spiro atoms. The Hall–Kier alpha value is -3.02. The maximum Gasteiger partial charge on any atom is 0.270 e. The summed E-state index contributed by atoms with van der Waals surface area (Å²) in [5, 5.41) is 13.3. The summed E-state index contributed by atoms with van der Waals surface area (Å²) in [6, 6.07) is 11.4. The second kappa shape index (κ2) is 6.42. The second-order valence-electron chi connectivity index (χ2n) is 4.34. The summed E-state index contributed by atoms with van der Waals surface area (Å²) in [5.41, 5.74) is 1.37. The largest absolute Gasteiger partial charge is 0.307 e. The Labute approximate surface area is 121 Å². The van der Waals surface area contributed by atoms with Crippen LogP contribution in [0.4, 0.5) is 11.5 Å². The van der Waals surface area contributed by atoms with Crippen molar-refractivity contribution in [1.82, 2.24) is 4.98 Å². The number of nitro groups is 1. The topological polar surface area (TPSA) is 85.1 Å². The van der Waals surface area contributed by atoms with Gasteiger partial charge in [0, 0.05) is 23.9 Å². The van der Waals surface area contributed by atoms with Gasteiger partial charge in [-0.15, -0.1) is 0 Å². The summed E-state index contributed by atoms with van der Waals surface area (Å²) < 4.78 is 0. The Bertz CT molecular complexity index is 711. The number of benzene rings is 1. The van der Waals surface area contributed by atoms with E-state index < -0.39 is 4.92 Å². The van der Waals surface area contributed by atoms with Crippen LogP contribution in [0.25, 0.3) is 6.08 Å². The maximum absolute atomic E-state index is 11.7. The van der Waals surface area contributed by atoms with Crippen LogP contribution >= 0.6 is 0 Å². The normalized spacial score (nSPS) is 10.5. The van der Waals surface area contributed by atoms with Gasteiger partial charge in [0.25, 0.3) is 5.69 Å². The van der Waals surface area contributed by atoms with Gasteiger partial charge in [-0.1, -0.05) is 18.2 Å². The summed E-state index contributed by atoms with van der Waals surface area (Å²) in [4.78, 5) is 26.1. The van der Waals surface area contributed by atoms with E-state index in [-0.39, 0.29) is 11.6 Å². The number of pyridine rings is 1. The zero-order valence-electron chi connectivity index (χ0n) is 11.3. The molecule has 6 nitrogen and oxygen atoms in total. The summed E-state index contributed by atoms with van der Waals surface area (Å²) in [7, 11) is 0. The van der Waals surface area contributed by atoms with E-state index in [0.717, 1.165) is 5.69 Å². The fraction of sp³-hybridized carbons (Fsp3) is 0.0667. The van der Waals surface area contributed by atoms with Crippen molar-refractivity contribution in [3.63, 3.8) is 0 Å². The number of nitro benzene ring substituents is 1. The molecule has 0 atom stereocenters. The van der Waals surface area contributed by atoms with Gasteiger partial charge in [0.05, 0.1) is 4.92 Å². The molecule has 0 unspecified atom stereocenters. The van der Waals surface area contributed by atoms with Crippen molar-refractivity contribution in [2.75, 3.05) is 5.32 Å². The third-order valence-electron chi connectivity index (χ3n) is 2.65. The van der Waals surface area contributed by atoms with E-state index in [1.807, 2.05) is 13.0 Å². The van der Waals surface area contributed by atoms with Crippen LogP contribution in [0.2, 0.25) is 0 Å². The smallest absolute Gasteiger partial charge is 0.270 e. The minimum absolute atomic E-state index is 0.0158. The molecule has 0 aliphatic heterocycles. The zero-order valence-corrected chi connectivity index (χ0v) is 11.3. The minimum atomic E-state index is -0.478. The van der Waals surface area contributed by atoms with Crippen LogP contribution < -0.4 is 5.32 Å². The van der Waals surface area contributed by atoms with E-state index in [1.54, 1.807) is 24.3 Å². The predicted octanol–water partition coefficient (Wildman–Crippen LogP) is 2.95. The fourth-order valence-electron chi connectivity index (χ4n) is 1.69. The quantitative estimate of drug-likeness (QED) is 0.531. The van der Waals surface area contributed by atoms with Crippen LogP contribution in [0, 0.1) is 17.0 Å². The predicted molar refractivity (Wildman–Crippen MR) is 79.7 cm³/mol. The molecule has 0 fully saturated rings. The molecule has 1 aromatic heterocycles. The summed E-state index contributed by atoms with van der Waals surface area (Å²) in [6.07, 6.45) is 2.82. The SMILES string of the molecule is Cc1cccc(NC(=O)/C=C\c2cccc([N+](=O)[O-])c2)n1. The van der Waals surface area contributed by atoms with Crippen molar-refractivity contribution in [3.8, 4) is 0 Å². The molecule has 0 saturated heterocycles. The third-order valence-corrected chi connectivity index (χ3v) is 2.65. The molecule has 0 radical (unpaired) electrons. The van der Waals surface area contributed by atoms with Crippen LogP contribution in [-0.4, -0.2) is 15.8 Å². The Balaban J connectivity index is 2.05. The number of non-ortho nitro benzene ring substituents is 1. The molecule has 1 N–H and O–H groups in total. The average Bonchev–Trinajstić information content (AvgIpc) is 2.45. The number of nitrogens with zero attached hydrogens (tertiary/aromatic N) is 2. The molecule has 0 bridgehead atoms. The molecule has 2 aromatic rings. The minimum Gasteiger partial charge on any atom is -0.307 e. The highest BCUT2D eigenvalue weighted by atomic mass is 16.6. The number of carbonyl (C=O) groups is 1. The first-order chi connectivity index (χ1) is 10.0. The van der Waals surface area contributed by atoms with Gasteiger partial charge in [0.1, 0.15) is 5.82 Å². The lowest BCUT2D eigenvalue weighted by molar-refractivity contribution is -0.384. The Morgan fingerprint density at radius 3 is 2.76 bits per heavy atom. The number of rotatable bonds is 4. The first-order valence-electron chi connectivity index (χ1n) is 6.22. The van der Waals surface area contributed by atoms with Crippen molar-refractivity contribution in [3.05, 3.63) is 69.9 Å². The number of amides is 1. The standard InChI is InChI=1S/C15H13N3O3/c1-11-4-2-7-14(16-11)17-15(19)9-8-12-5-3-6-13(10-12)18(20)21/h2-10H,1H3,(H,16,17,19)/b9-8-. The molecule has 6 heteroatoms. The molecule has 0 saturated carbocycles. The van der Waals surface area contributed by atoms with Crippen LogP contribution in [0.1, 0.15) is 11.3 Å². The van der Waals surface area contributed by atoms with Gasteiger partial charge in [-0.25, -0.2) is 4.98 Å². The van der Waals surface area contributed by atoms with Crippen LogP contribution in [0.5, 0.6) is 0 Å². The third kappa shape index (κ3) is 4.24. The van der Waals surface area contributed by atoms with Crippen LogP contribution in [0.3, 0.4) is 0 Å². The number of aromatic nitrogens is 1. The van der Waals surface area contributed by atoms with Gasteiger partial charge in [0.2, 0.25) is 5.91 Å². The highest BCUT2D eigenvalue weighted by molar-refractivity contribution is 6.01. The molecule has 2 rings (SSSR count). The molecule has 0 aliphatic carbocycles. The summed E-state index contributed by atoms with van der Waals surface area (Å²) >= 11 is 0. The summed E-state index contributed by atoms with van der Waals surface area (Å²) in [6.45, 7) is 1.83. The monoisotopic (exact) mass is 283 g/mol. The molecule has 1 aromatic carbocycles. The van der Waals surface area contributed by atoms with Crippen LogP contribution in [0.15, 0.2) is 48.5 Å². The number of nitrogens with one attached hydrogen (secondary N) is 1. The molecule has 0 aliphatic rings. The first kappa shape index (κ1) is 14.4. The lowest BCUT2D eigenvalue weighted by Crippen LogP contribution is -2.09. The van der Waals surface area contributed by atoms with Crippen molar-refractivity contribution < 1.29 is 9.72 Å². The number of hydrogen-bond acceptors (Lipinski definition) is 4. The van der Waals surface area contributed by atoms with Gasteiger partial charge in [-0.3, -0.25) is 14.9 Å². The Kier molecular flexibility index (Phi) is 4.40. The molecule has 1 heterocycles. The lowest BCUT2D eigenvalue weighted by atomic mass is 10.2. The van der Waals surface area contributed by atoms with E-state index in [4.69, 9.17) is 0 Å². The Morgan fingerprint density at radius 1 is 1.29 bits per heavy atom. The Morgan fingerprint density at radius 2 is 2.05 bits per heavy atom. The highest BCUT2D eigenvalue weighted by Crippen LogP contribution is 2.14. The van der Waals surface area contributed by atoms with E-state index in [0.29, 0.717) is 11.4 Å². The van der Waals surface area contributed by atoms with Crippen molar-refractivity contribution in [2.45, 2.75) is 6.92 Å². The van der Waals surface area contributed by atoms with E-state index >= 15 is 0 Å². The fourth-order valence-corrected chi connectivity index (χ4v) is 1.69. The van der Waals surface area contributed by atoms with E-state index in [1.165, 1.54) is 24.3 Å². The van der Waals surface area contributed by atoms with Crippen molar-refractivity contribution in [1.29, 1.82) is 0 Å². The summed E-state index contributed by atoms with van der Waals surface area (Å²) in [5.74, 6) is 0.114. The average molecular weight is 283 g/mol. The van der Waals surface area contributed by atoms with E-state index in [9.17, 15) is 14.9 Å². The number of anilines is 1. The zero-order chi connectivity index (χ0) is 15.2. The van der Waals surface area contributed by atoms with Crippen molar-refractivity contribution in [2.24, 2.45) is 0 Å². The first-order valence-corrected chi connectivity index (χ1v) is 6.22. The second-order valence-corrected chi connectivity index (χ2v) is 4.34. The maximum atomic E-state index is 11.7. The molecule has 21 heavy (non-hydrogen) atoms.